The number of amides is 1. The Labute approximate surface area is 181 Å². The van der Waals surface area contributed by atoms with E-state index in [9.17, 15) is 4.79 Å². The molecule has 5 nitrogen and oxygen atoms in total. The number of fused-ring (bicyclic) bond motifs is 1. The Balaban J connectivity index is 1.21. The van der Waals surface area contributed by atoms with Crippen LogP contribution in [-0.4, -0.2) is 51.8 Å². The zero-order valence-corrected chi connectivity index (χ0v) is 17.8. The van der Waals surface area contributed by atoms with Crippen molar-refractivity contribution in [2.24, 2.45) is 11.8 Å². The summed E-state index contributed by atoms with van der Waals surface area (Å²) in [6, 6.07) is 17.2. The first-order valence-corrected chi connectivity index (χ1v) is 10.8. The summed E-state index contributed by atoms with van der Waals surface area (Å²) >= 11 is 5.90. The fourth-order valence-corrected chi connectivity index (χ4v) is 4.99. The van der Waals surface area contributed by atoms with Gasteiger partial charge in [-0.3, -0.25) is 4.90 Å². The van der Waals surface area contributed by atoms with Crippen molar-refractivity contribution in [1.29, 1.82) is 0 Å². The number of rotatable bonds is 3. The largest absolute Gasteiger partial charge is 0.344 e. The molecule has 2 aromatic carbocycles. The standard InChI is InChI=1S/C24H25ClN4O/c1-17-9-19(18-5-3-2-4-6-18)7-8-20(17)11-27-12-21-14-28(15-22(21)13-27)24(30)29-16-23(25)10-26-29/h2-10,16,21-22H,11-15H2,1H3. The van der Waals surface area contributed by atoms with Crippen LogP contribution < -0.4 is 0 Å². The molecular formula is C24H25ClN4O. The Bertz CT molecular complexity index is 1050. The Kier molecular flexibility index (Phi) is 5.09. The number of hydrogen-bond donors (Lipinski definition) is 0. The minimum Gasteiger partial charge on any atom is -0.322 e. The van der Waals surface area contributed by atoms with Crippen LogP contribution in [-0.2, 0) is 6.54 Å². The second-order valence-corrected chi connectivity index (χ2v) is 8.95. The van der Waals surface area contributed by atoms with E-state index in [1.165, 1.54) is 33.1 Å². The average Bonchev–Trinajstić information content (AvgIpc) is 3.44. The van der Waals surface area contributed by atoms with Crippen LogP contribution in [0, 0.1) is 18.8 Å². The highest BCUT2D eigenvalue weighted by molar-refractivity contribution is 6.30. The van der Waals surface area contributed by atoms with E-state index in [0.717, 1.165) is 32.7 Å². The Hall–Kier alpha value is -2.63. The third kappa shape index (κ3) is 3.75. The summed E-state index contributed by atoms with van der Waals surface area (Å²) in [5.74, 6) is 1.06. The van der Waals surface area contributed by atoms with Crippen LogP contribution in [0.15, 0.2) is 60.9 Å². The van der Waals surface area contributed by atoms with Crippen molar-refractivity contribution in [2.45, 2.75) is 13.5 Å². The molecule has 0 spiro atoms. The van der Waals surface area contributed by atoms with E-state index >= 15 is 0 Å². The molecule has 6 heteroatoms. The predicted octanol–water partition coefficient (Wildman–Crippen LogP) is 4.54. The maximum atomic E-state index is 12.6. The third-order valence-electron chi connectivity index (χ3n) is 6.42. The van der Waals surface area contributed by atoms with Crippen molar-refractivity contribution in [3.63, 3.8) is 0 Å². The Morgan fingerprint density at radius 2 is 1.77 bits per heavy atom. The van der Waals surface area contributed by atoms with Crippen molar-refractivity contribution >= 4 is 17.6 Å². The molecule has 0 saturated carbocycles. The van der Waals surface area contributed by atoms with Gasteiger partial charge in [-0.15, -0.1) is 0 Å². The molecular weight excluding hydrogens is 396 g/mol. The van der Waals surface area contributed by atoms with Gasteiger partial charge in [0.25, 0.3) is 0 Å². The molecule has 3 aromatic rings. The fraction of sp³-hybridized carbons (Fsp3) is 0.333. The third-order valence-corrected chi connectivity index (χ3v) is 6.62. The molecule has 2 aliphatic rings. The van der Waals surface area contributed by atoms with Gasteiger partial charge in [0.1, 0.15) is 0 Å². The molecule has 0 radical (unpaired) electrons. The normalized spacial score (nSPS) is 21.2. The maximum absolute atomic E-state index is 12.6. The molecule has 2 fully saturated rings. The van der Waals surface area contributed by atoms with Gasteiger partial charge in [0, 0.05) is 32.7 Å². The number of hydrogen-bond acceptors (Lipinski definition) is 3. The van der Waals surface area contributed by atoms with Crippen LogP contribution in [0.4, 0.5) is 4.79 Å². The highest BCUT2D eigenvalue weighted by Gasteiger charge is 2.41. The van der Waals surface area contributed by atoms with E-state index in [1.807, 2.05) is 11.0 Å². The van der Waals surface area contributed by atoms with Gasteiger partial charge >= 0.3 is 6.03 Å². The first kappa shape index (κ1) is 19.3. The second-order valence-electron chi connectivity index (χ2n) is 8.51. The molecule has 154 valence electrons. The van der Waals surface area contributed by atoms with E-state index in [-0.39, 0.29) is 6.03 Å². The summed E-state index contributed by atoms with van der Waals surface area (Å²) in [5.41, 5.74) is 5.24. The quantitative estimate of drug-likeness (QED) is 0.624. The lowest BCUT2D eigenvalue weighted by molar-refractivity contribution is 0.197. The lowest BCUT2D eigenvalue weighted by atomic mass is 9.99. The van der Waals surface area contributed by atoms with E-state index in [1.54, 1.807) is 6.20 Å². The van der Waals surface area contributed by atoms with Crippen molar-refractivity contribution < 1.29 is 4.79 Å². The molecule has 3 heterocycles. The molecule has 30 heavy (non-hydrogen) atoms. The van der Waals surface area contributed by atoms with Crippen LogP contribution in [0.5, 0.6) is 0 Å². The average molecular weight is 421 g/mol. The number of benzene rings is 2. The molecule has 0 bridgehead atoms. The van der Waals surface area contributed by atoms with Gasteiger partial charge in [0.15, 0.2) is 0 Å². The number of likely N-dealkylation sites (tertiary alicyclic amines) is 2. The number of carbonyl (C=O) groups excluding carboxylic acids is 1. The van der Waals surface area contributed by atoms with Crippen molar-refractivity contribution in [3.05, 3.63) is 77.1 Å². The molecule has 0 aliphatic carbocycles. The monoisotopic (exact) mass is 420 g/mol. The van der Waals surface area contributed by atoms with Crippen molar-refractivity contribution in [3.8, 4) is 11.1 Å². The summed E-state index contributed by atoms with van der Waals surface area (Å²) < 4.78 is 1.35. The fourth-order valence-electron chi connectivity index (χ4n) is 4.85. The second kappa shape index (κ2) is 7.89. The van der Waals surface area contributed by atoms with Crippen molar-refractivity contribution in [2.75, 3.05) is 26.2 Å². The maximum Gasteiger partial charge on any atom is 0.344 e. The van der Waals surface area contributed by atoms with E-state index in [4.69, 9.17) is 11.6 Å². The topological polar surface area (TPSA) is 41.4 Å². The smallest absolute Gasteiger partial charge is 0.322 e. The van der Waals surface area contributed by atoms with Gasteiger partial charge in [0.2, 0.25) is 0 Å². The molecule has 2 aliphatic heterocycles. The van der Waals surface area contributed by atoms with E-state index < -0.39 is 0 Å². The van der Waals surface area contributed by atoms with E-state index in [0.29, 0.717) is 16.9 Å². The Morgan fingerprint density at radius 3 is 2.40 bits per heavy atom. The number of aryl methyl sites for hydroxylation is 1. The molecule has 2 saturated heterocycles. The number of carbonyl (C=O) groups is 1. The summed E-state index contributed by atoms with van der Waals surface area (Å²) in [7, 11) is 0. The van der Waals surface area contributed by atoms with Gasteiger partial charge in [-0.25, -0.2) is 4.79 Å². The van der Waals surface area contributed by atoms with Crippen LogP contribution >= 0.6 is 11.6 Å². The highest BCUT2D eigenvalue weighted by Crippen LogP contribution is 2.33. The minimum atomic E-state index is -0.0739. The summed E-state index contributed by atoms with van der Waals surface area (Å²) in [6.45, 7) is 6.83. The first-order valence-electron chi connectivity index (χ1n) is 10.4. The first-order chi connectivity index (χ1) is 14.6. The van der Waals surface area contributed by atoms with Gasteiger partial charge in [0.05, 0.1) is 17.4 Å². The molecule has 2 atom stereocenters. The van der Waals surface area contributed by atoms with Gasteiger partial charge in [-0.05, 0) is 41.0 Å². The van der Waals surface area contributed by atoms with Gasteiger partial charge < -0.3 is 4.90 Å². The van der Waals surface area contributed by atoms with Crippen LogP contribution in [0.1, 0.15) is 11.1 Å². The van der Waals surface area contributed by atoms with E-state index in [2.05, 4.69) is 59.4 Å². The van der Waals surface area contributed by atoms with Gasteiger partial charge in [-0.2, -0.15) is 9.78 Å². The number of aromatic nitrogens is 2. The van der Waals surface area contributed by atoms with Gasteiger partial charge in [-0.1, -0.05) is 60.1 Å². The van der Waals surface area contributed by atoms with Crippen LogP contribution in [0.2, 0.25) is 5.02 Å². The molecule has 0 N–H and O–H groups in total. The number of nitrogens with zero attached hydrogens (tertiary/aromatic N) is 4. The SMILES string of the molecule is Cc1cc(-c2ccccc2)ccc1CN1CC2CN(C(=O)n3cc(Cl)cn3)CC2C1. The lowest BCUT2D eigenvalue weighted by Crippen LogP contribution is -2.36. The summed E-state index contributed by atoms with van der Waals surface area (Å²) in [6.07, 6.45) is 3.08. The lowest BCUT2D eigenvalue weighted by Gasteiger charge is -2.22. The zero-order valence-electron chi connectivity index (χ0n) is 17.0. The van der Waals surface area contributed by atoms with Crippen LogP contribution in [0.3, 0.4) is 0 Å². The highest BCUT2D eigenvalue weighted by atomic mass is 35.5. The number of halogens is 1. The molecule has 1 amide bonds. The molecule has 2 unspecified atom stereocenters. The predicted molar refractivity (Wildman–Crippen MR) is 118 cm³/mol. The summed E-state index contributed by atoms with van der Waals surface area (Å²) in [5, 5.41) is 4.54. The van der Waals surface area contributed by atoms with Crippen LogP contribution in [0.25, 0.3) is 11.1 Å². The minimum absolute atomic E-state index is 0.0739. The molecule has 5 rings (SSSR count). The molecule has 1 aromatic heterocycles. The van der Waals surface area contributed by atoms with Crippen molar-refractivity contribution in [1.82, 2.24) is 19.6 Å². The zero-order chi connectivity index (χ0) is 20.7. The summed E-state index contributed by atoms with van der Waals surface area (Å²) in [4.78, 5) is 17.1. The Morgan fingerprint density at radius 1 is 1.03 bits per heavy atom.